The first-order valence-electron chi connectivity index (χ1n) is 8.53. The van der Waals surface area contributed by atoms with Crippen molar-refractivity contribution in [1.82, 2.24) is 4.90 Å². The summed E-state index contributed by atoms with van der Waals surface area (Å²) in [6.07, 6.45) is 0. The van der Waals surface area contributed by atoms with E-state index in [1.807, 2.05) is 0 Å². The van der Waals surface area contributed by atoms with Crippen LogP contribution in [0.25, 0.3) is 5.76 Å². The van der Waals surface area contributed by atoms with Gasteiger partial charge < -0.3 is 24.2 Å². The second-order valence-corrected chi connectivity index (χ2v) is 6.25. The molecule has 0 radical (unpaired) electrons. The number of aliphatic hydroxyl groups is 1. The standard InChI is InChI=1S/C21H21NO6/c1-22-18(13-7-10-15(27-3)16(11-13)28-4)17(20(24)21(22)25)19(23)12-5-8-14(26-2)9-6-12/h5-11,18,23H,1-4H3/b19-17+. The summed E-state index contributed by atoms with van der Waals surface area (Å²) in [4.78, 5) is 26.3. The van der Waals surface area contributed by atoms with Gasteiger partial charge >= 0.3 is 0 Å². The molecule has 0 aliphatic carbocycles. The third kappa shape index (κ3) is 3.15. The van der Waals surface area contributed by atoms with E-state index in [0.29, 0.717) is 28.4 Å². The Kier molecular flexibility index (Phi) is 5.26. The predicted molar refractivity (Wildman–Crippen MR) is 103 cm³/mol. The van der Waals surface area contributed by atoms with Gasteiger partial charge in [-0.3, -0.25) is 9.59 Å². The van der Waals surface area contributed by atoms with Crippen LogP contribution in [0.2, 0.25) is 0 Å². The molecule has 0 saturated carbocycles. The summed E-state index contributed by atoms with van der Waals surface area (Å²) in [6, 6.07) is 11.0. The van der Waals surface area contributed by atoms with Gasteiger partial charge in [0.2, 0.25) is 0 Å². The topological polar surface area (TPSA) is 85.3 Å². The highest BCUT2D eigenvalue weighted by atomic mass is 16.5. The fraction of sp³-hybridized carbons (Fsp3) is 0.238. The number of ether oxygens (including phenoxy) is 3. The number of likely N-dealkylation sites (tertiary alicyclic amines) is 1. The van der Waals surface area contributed by atoms with Crippen LogP contribution in [0.1, 0.15) is 17.2 Å². The van der Waals surface area contributed by atoms with Crippen LogP contribution in [0.4, 0.5) is 0 Å². The molecule has 7 nitrogen and oxygen atoms in total. The molecule has 146 valence electrons. The van der Waals surface area contributed by atoms with Crippen LogP contribution in [0.5, 0.6) is 17.2 Å². The lowest BCUT2D eigenvalue weighted by molar-refractivity contribution is -0.139. The van der Waals surface area contributed by atoms with Crippen LogP contribution in [0, 0.1) is 0 Å². The smallest absolute Gasteiger partial charge is 0.295 e. The van der Waals surface area contributed by atoms with Crippen molar-refractivity contribution in [2.75, 3.05) is 28.4 Å². The summed E-state index contributed by atoms with van der Waals surface area (Å²) in [6.45, 7) is 0. The fourth-order valence-electron chi connectivity index (χ4n) is 3.27. The molecule has 1 unspecified atom stereocenters. The molecular formula is C21H21NO6. The van der Waals surface area contributed by atoms with Gasteiger partial charge in [-0.2, -0.15) is 0 Å². The van der Waals surface area contributed by atoms with Crippen molar-refractivity contribution < 1.29 is 28.9 Å². The highest BCUT2D eigenvalue weighted by Crippen LogP contribution is 2.41. The number of carbonyl (C=O) groups is 2. The van der Waals surface area contributed by atoms with Crippen LogP contribution >= 0.6 is 0 Å². The number of carbonyl (C=O) groups excluding carboxylic acids is 2. The molecule has 1 aliphatic rings. The number of rotatable bonds is 5. The second kappa shape index (κ2) is 7.64. The Morgan fingerprint density at radius 2 is 1.57 bits per heavy atom. The number of ketones is 1. The molecule has 7 heteroatoms. The largest absolute Gasteiger partial charge is 0.507 e. The summed E-state index contributed by atoms with van der Waals surface area (Å²) in [5.41, 5.74) is 1.05. The molecule has 1 heterocycles. The monoisotopic (exact) mass is 383 g/mol. The molecule has 0 aromatic heterocycles. The lowest BCUT2D eigenvalue weighted by Gasteiger charge is -2.22. The van der Waals surface area contributed by atoms with Gasteiger partial charge in [-0.1, -0.05) is 6.07 Å². The van der Waals surface area contributed by atoms with Gasteiger partial charge in [-0.15, -0.1) is 0 Å². The number of benzene rings is 2. The zero-order valence-electron chi connectivity index (χ0n) is 16.1. The molecule has 1 fully saturated rings. The number of Topliss-reactive ketones (excluding diaryl/α,β-unsaturated/α-hetero) is 1. The summed E-state index contributed by atoms with van der Waals surface area (Å²) in [5.74, 6) is -0.0718. The Labute approximate surface area is 162 Å². The van der Waals surface area contributed by atoms with Crippen molar-refractivity contribution in [3.8, 4) is 17.2 Å². The Balaban J connectivity index is 2.14. The average molecular weight is 383 g/mol. The first-order valence-corrected chi connectivity index (χ1v) is 8.53. The minimum atomic E-state index is -0.748. The Morgan fingerprint density at radius 3 is 2.14 bits per heavy atom. The van der Waals surface area contributed by atoms with Crippen molar-refractivity contribution in [1.29, 1.82) is 0 Å². The second-order valence-electron chi connectivity index (χ2n) is 6.25. The third-order valence-corrected chi connectivity index (χ3v) is 4.76. The number of likely N-dealkylation sites (N-methyl/N-ethyl adjacent to an activating group) is 1. The first-order chi connectivity index (χ1) is 13.4. The van der Waals surface area contributed by atoms with Crippen molar-refractivity contribution in [2.45, 2.75) is 6.04 Å². The Morgan fingerprint density at radius 1 is 0.929 bits per heavy atom. The number of nitrogens with zero attached hydrogens (tertiary/aromatic N) is 1. The maximum Gasteiger partial charge on any atom is 0.295 e. The summed E-state index contributed by atoms with van der Waals surface area (Å²) in [5, 5.41) is 10.8. The van der Waals surface area contributed by atoms with Crippen LogP contribution < -0.4 is 14.2 Å². The molecule has 2 aromatic rings. The fourth-order valence-corrected chi connectivity index (χ4v) is 3.27. The molecule has 1 saturated heterocycles. The van der Waals surface area contributed by atoms with E-state index in [9.17, 15) is 14.7 Å². The summed E-state index contributed by atoms with van der Waals surface area (Å²) >= 11 is 0. The molecule has 2 aromatic carbocycles. The van der Waals surface area contributed by atoms with Crippen LogP contribution in [0.3, 0.4) is 0 Å². The maximum atomic E-state index is 12.6. The molecule has 28 heavy (non-hydrogen) atoms. The Bertz CT molecular complexity index is 948. The van der Waals surface area contributed by atoms with Gasteiger partial charge in [0.1, 0.15) is 11.5 Å². The van der Waals surface area contributed by atoms with E-state index in [2.05, 4.69) is 0 Å². The summed E-state index contributed by atoms with van der Waals surface area (Å²) in [7, 11) is 6.08. The number of aliphatic hydroxyl groups excluding tert-OH is 1. The number of hydrogen-bond donors (Lipinski definition) is 1. The highest BCUT2D eigenvalue weighted by molar-refractivity contribution is 6.46. The van der Waals surface area contributed by atoms with Crippen molar-refractivity contribution >= 4 is 17.4 Å². The zero-order chi connectivity index (χ0) is 20.4. The number of hydrogen-bond acceptors (Lipinski definition) is 6. The van der Waals surface area contributed by atoms with Gasteiger partial charge in [0, 0.05) is 12.6 Å². The first kappa shape index (κ1) is 19.3. The maximum absolute atomic E-state index is 12.6. The average Bonchev–Trinajstić information content (AvgIpc) is 2.96. The normalized spacial score (nSPS) is 18.3. The van der Waals surface area contributed by atoms with E-state index in [-0.39, 0.29) is 11.3 Å². The predicted octanol–water partition coefficient (Wildman–Crippen LogP) is 2.76. The minimum absolute atomic E-state index is 0.0184. The van der Waals surface area contributed by atoms with E-state index in [4.69, 9.17) is 14.2 Å². The van der Waals surface area contributed by atoms with E-state index in [1.54, 1.807) is 42.5 Å². The van der Waals surface area contributed by atoms with Crippen molar-refractivity contribution in [2.24, 2.45) is 0 Å². The van der Waals surface area contributed by atoms with Crippen molar-refractivity contribution in [3.63, 3.8) is 0 Å². The molecule has 1 aliphatic heterocycles. The van der Waals surface area contributed by atoms with E-state index < -0.39 is 17.7 Å². The minimum Gasteiger partial charge on any atom is -0.507 e. The molecule has 3 rings (SSSR count). The molecular weight excluding hydrogens is 362 g/mol. The third-order valence-electron chi connectivity index (χ3n) is 4.76. The lowest BCUT2D eigenvalue weighted by Crippen LogP contribution is -2.24. The van der Waals surface area contributed by atoms with Gasteiger partial charge in [0.15, 0.2) is 11.5 Å². The quantitative estimate of drug-likeness (QED) is 0.485. The lowest BCUT2D eigenvalue weighted by atomic mass is 9.95. The molecule has 1 amide bonds. The van der Waals surface area contributed by atoms with Crippen LogP contribution in [-0.2, 0) is 9.59 Å². The molecule has 0 spiro atoms. The van der Waals surface area contributed by atoms with E-state index >= 15 is 0 Å². The van der Waals surface area contributed by atoms with Crippen molar-refractivity contribution in [3.05, 3.63) is 59.2 Å². The van der Waals surface area contributed by atoms with Gasteiger partial charge in [0.25, 0.3) is 11.7 Å². The molecule has 0 bridgehead atoms. The van der Waals surface area contributed by atoms with Gasteiger partial charge in [-0.25, -0.2) is 0 Å². The van der Waals surface area contributed by atoms with E-state index in [1.165, 1.54) is 33.3 Å². The molecule has 1 N–H and O–H groups in total. The van der Waals surface area contributed by atoms with Gasteiger partial charge in [0.05, 0.1) is 32.9 Å². The molecule has 1 atom stereocenters. The Hall–Kier alpha value is -3.48. The highest BCUT2D eigenvalue weighted by Gasteiger charge is 2.44. The zero-order valence-corrected chi connectivity index (χ0v) is 16.1. The number of amides is 1. The van der Waals surface area contributed by atoms with Crippen LogP contribution in [-0.4, -0.2) is 50.1 Å². The van der Waals surface area contributed by atoms with E-state index in [0.717, 1.165) is 0 Å². The van der Waals surface area contributed by atoms with Crippen LogP contribution in [0.15, 0.2) is 48.0 Å². The number of methoxy groups -OCH3 is 3. The SMILES string of the molecule is COc1ccc(/C(O)=C2\C(=O)C(=O)N(C)C2c2ccc(OC)c(OC)c2)cc1. The van der Waals surface area contributed by atoms with Gasteiger partial charge in [-0.05, 0) is 42.0 Å². The summed E-state index contributed by atoms with van der Waals surface area (Å²) < 4.78 is 15.7.